The summed E-state index contributed by atoms with van der Waals surface area (Å²) in [4.78, 5) is 13.6. The Hall–Kier alpha value is -1.83. The van der Waals surface area contributed by atoms with Gasteiger partial charge in [0, 0.05) is 13.2 Å². The molecule has 90 valence electrons. The molecule has 0 radical (unpaired) electrons. The normalized spacial score (nSPS) is 17.0. The summed E-state index contributed by atoms with van der Waals surface area (Å²) < 4.78 is 1.61. The number of carbonyl (C=O) groups is 1. The van der Waals surface area contributed by atoms with Gasteiger partial charge in [0.25, 0.3) is 0 Å². The molecule has 0 aliphatic heterocycles. The van der Waals surface area contributed by atoms with Crippen molar-refractivity contribution in [2.75, 3.05) is 7.05 Å². The minimum atomic E-state index is -0.570. The molecule has 1 saturated carbocycles. The van der Waals surface area contributed by atoms with Crippen LogP contribution >= 0.6 is 0 Å². The summed E-state index contributed by atoms with van der Waals surface area (Å²) in [5.74, 6) is -0.0608. The molecule has 0 N–H and O–H groups in total. The molecule has 1 fully saturated rings. The summed E-state index contributed by atoms with van der Waals surface area (Å²) >= 11 is 0. The van der Waals surface area contributed by atoms with E-state index in [9.17, 15) is 4.79 Å². The molecule has 17 heavy (non-hydrogen) atoms. The molecule has 1 aliphatic carbocycles. The molecule has 5 nitrogen and oxygen atoms in total. The maximum absolute atomic E-state index is 12.0. The number of nitrogens with zero attached hydrogens (tertiary/aromatic N) is 4. The zero-order valence-corrected chi connectivity index (χ0v) is 10.2. The van der Waals surface area contributed by atoms with Crippen LogP contribution < -0.4 is 0 Å². The number of amides is 1. The molecule has 1 aliphatic rings. The fourth-order valence-electron chi connectivity index (χ4n) is 2.07. The predicted octanol–water partition coefficient (Wildman–Crippen LogP) is 1.10. The van der Waals surface area contributed by atoms with E-state index in [1.165, 1.54) is 0 Å². The van der Waals surface area contributed by atoms with Crippen LogP contribution in [0.4, 0.5) is 0 Å². The van der Waals surface area contributed by atoms with Gasteiger partial charge in [0.05, 0.1) is 12.3 Å². The summed E-state index contributed by atoms with van der Waals surface area (Å²) in [5, 5.41) is 13.2. The molecular formula is C12H16N4O. The van der Waals surface area contributed by atoms with Crippen LogP contribution in [0.1, 0.15) is 24.8 Å². The van der Waals surface area contributed by atoms with Crippen molar-refractivity contribution < 1.29 is 4.79 Å². The highest BCUT2D eigenvalue weighted by molar-refractivity contribution is 5.77. The lowest BCUT2D eigenvalue weighted by atomic mass is 9.77. The highest BCUT2D eigenvalue weighted by atomic mass is 16.2. The average molecular weight is 232 g/mol. The predicted molar refractivity (Wildman–Crippen MR) is 61.9 cm³/mol. The number of carbonyl (C=O) groups excluding carboxylic acids is 1. The highest BCUT2D eigenvalue weighted by Crippen LogP contribution is 2.36. The molecule has 0 aromatic carbocycles. The Kier molecular flexibility index (Phi) is 2.88. The van der Waals surface area contributed by atoms with Crippen LogP contribution in [0, 0.1) is 18.3 Å². The second-order valence-electron chi connectivity index (χ2n) is 4.66. The SMILES string of the molecule is Cc1cnn(CC(=O)N(C)C2(C#N)CCC2)c1. The Morgan fingerprint density at radius 3 is 2.82 bits per heavy atom. The average Bonchev–Trinajstić information content (AvgIpc) is 2.63. The van der Waals surface area contributed by atoms with Gasteiger partial charge >= 0.3 is 0 Å². The van der Waals surface area contributed by atoms with Crippen LogP contribution in [0.5, 0.6) is 0 Å². The van der Waals surface area contributed by atoms with Crippen molar-refractivity contribution in [1.82, 2.24) is 14.7 Å². The lowest BCUT2D eigenvalue weighted by Crippen LogP contribution is -2.54. The molecule has 0 spiro atoms. The summed E-state index contributed by atoms with van der Waals surface area (Å²) in [5.41, 5.74) is 0.457. The summed E-state index contributed by atoms with van der Waals surface area (Å²) in [6.45, 7) is 2.13. The molecule has 1 heterocycles. The number of aryl methyl sites for hydroxylation is 1. The molecule has 0 atom stereocenters. The Bertz CT molecular complexity index is 467. The monoisotopic (exact) mass is 232 g/mol. The third kappa shape index (κ3) is 2.03. The highest BCUT2D eigenvalue weighted by Gasteiger charge is 2.43. The number of hydrogen-bond donors (Lipinski definition) is 0. The van der Waals surface area contributed by atoms with Gasteiger partial charge in [-0.05, 0) is 31.7 Å². The molecule has 0 bridgehead atoms. The van der Waals surface area contributed by atoms with E-state index in [0.29, 0.717) is 0 Å². The van der Waals surface area contributed by atoms with Gasteiger partial charge in [0.2, 0.25) is 5.91 Å². The van der Waals surface area contributed by atoms with Crippen LogP contribution in [-0.2, 0) is 11.3 Å². The molecular weight excluding hydrogens is 216 g/mol. The van der Waals surface area contributed by atoms with E-state index in [4.69, 9.17) is 5.26 Å². The smallest absolute Gasteiger partial charge is 0.245 e. The van der Waals surface area contributed by atoms with Gasteiger partial charge in [0.15, 0.2) is 0 Å². The molecule has 1 aromatic heterocycles. The van der Waals surface area contributed by atoms with E-state index in [0.717, 1.165) is 24.8 Å². The quantitative estimate of drug-likeness (QED) is 0.784. The first-order chi connectivity index (χ1) is 8.07. The maximum atomic E-state index is 12.0. The molecule has 1 amide bonds. The minimum Gasteiger partial charge on any atom is -0.325 e. The zero-order chi connectivity index (χ0) is 12.5. The van der Waals surface area contributed by atoms with Gasteiger partial charge < -0.3 is 4.90 Å². The van der Waals surface area contributed by atoms with E-state index in [-0.39, 0.29) is 12.5 Å². The van der Waals surface area contributed by atoms with E-state index in [1.54, 1.807) is 22.8 Å². The first-order valence-electron chi connectivity index (χ1n) is 5.74. The topological polar surface area (TPSA) is 61.9 Å². The number of hydrogen-bond acceptors (Lipinski definition) is 3. The zero-order valence-electron chi connectivity index (χ0n) is 10.2. The van der Waals surface area contributed by atoms with Crippen molar-refractivity contribution in [3.8, 4) is 6.07 Å². The first kappa shape index (κ1) is 11.6. The molecule has 0 saturated heterocycles. The Morgan fingerprint density at radius 1 is 1.71 bits per heavy atom. The van der Waals surface area contributed by atoms with Gasteiger partial charge in [-0.1, -0.05) is 0 Å². The maximum Gasteiger partial charge on any atom is 0.245 e. The van der Waals surface area contributed by atoms with Crippen LogP contribution in [-0.4, -0.2) is 33.2 Å². The van der Waals surface area contributed by atoms with Crippen molar-refractivity contribution in [2.24, 2.45) is 0 Å². The number of likely N-dealkylation sites (N-methyl/N-ethyl adjacent to an activating group) is 1. The van der Waals surface area contributed by atoms with Crippen LogP contribution in [0.25, 0.3) is 0 Å². The van der Waals surface area contributed by atoms with E-state index < -0.39 is 5.54 Å². The fraction of sp³-hybridized carbons (Fsp3) is 0.583. The van der Waals surface area contributed by atoms with Crippen LogP contribution in [0.2, 0.25) is 0 Å². The largest absolute Gasteiger partial charge is 0.325 e. The second kappa shape index (κ2) is 4.21. The van der Waals surface area contributed by atoms with Crippen LogP contribution in [0.15, 0.2) is 12.4 Å². The van der Waals surface area contributed by atoms with Crippen molar-refractivity contribution in [3.63, 3.8) is 0 Å². The lowest BCUT2D eigenvalue weighted by molar-refractivity contribution is -0.137. The molecule has 2 rings (SSSR count). The number of nitriles is 1. The molecule has 0 unspecified atom stereocenters. The van der Waals surface area contributed by atoms with E-state index in [2.05, 4.69) is 11.2 Å². The first-order valence-corrected chi connectivity index (χ1v) is 5.74. The van der Waals surface area contributed by atoms with Crippen molar-refractivity contribution in [1.29, 1.82) is 5.26 Å². The third-order valence-corrected chi connectivity index (χ3v) is 3.46. The molecule has 1 aromatic rings. The van der Waals surface area contributed by atoms with Crippen molar-refractivity contribution >= 4 is 5.91 Å². The lowest BCUT2D eigenvalue weighted by Gasteiger charge is -2.42. The van der Waals surface area contributed by atoms with Gasteiger partial charge in [-0.15, -0.1) is 0 Å². The van der Waals surface area contributed by atoms with Crippen molar-refractivity contribution in [2.45, 2.75) is 38.3 Å². The van der Waals surface area contributed by atoms with Gasteiger partial charge in [-0.25, -0.2) is 0 Å². The Balaban J connectivity index is 2.03. The number of aromatic nitrogens is 2. The Labute approximate surface area is 101 Å². The Morgan fingerprint density at radius 2 is 2.41 bits per heavy atom. The fourth-order valence-corrected chi connectivity index (χ4v) is 2.07. The van der Waals surface area contributed by atoms with E-state index >= 15 is 0 Å². The standard InChI is InChI=1S/C12H16N4O/c1-10-6-14-16(7-10)8-11(17)15(2)12(9-13)4-3-5-12/h6-7H,3-5,8H2,1-2H3. The summed E-state index contributed by atoms with van der Waals surface area (Å²) in [7, 11) is 1.71. The summed E-state index contributed by atoms with van der Waals surface area (Å²) in [6, 6.07) is 2.26. The third-order valence-electron chi connectivity index (χ3n) is 3.46. The van der Waals surface area contributed by atoms with Gasteiger partial charge in [0.1, 0.15) is 12.1 Å². The summed E-state index contributed by atoms with van der Waals surface area (Å²) in [6.07, 6.45) is 6.13. The van der Waals surface area contributed by atoms with Gasteiger partial charge in [-0.3, -0.25) is 9.48 Å². The van der Waals surface area contributed by atoms with Crippen molar-refractivity contribution in [3.05, 3.63) is 18.0 Å². The number of rotatable bonds is 3. The molecule has 5 heteroatoms. The van der Waals surface area contributed by atoms with E-state index in [1.807, 2.05) is 13.1 Å². The van der Waals surface area contributed by atoms with Crippen LogP contribution in [0.3, 0.4) is 0 Å². The second-order valence-corrected chi connectivity index (χ2v) is 4.66. The minimum absolute atomic E-state index is 0.0608. The van der Waals surface area contributed by atoms with Gasteiger partial charge in [-0.2, -0.15) is 10.4 Å².